The van der Waals surface area contributed by atoms with Gasteiger partial charge in [0.25, 0.3) is 0 Å². The fraction of sp³-hybridized carbons (Fsp3) is 0.294. The van der Waals surface area contributed by atoms with E-state index in [0.29, 0.717) is 6.54 Å². The number of pyridine rings is 1. The SMILES string of the molecule is O=C(NCc1ccccc1)N1CCCC1c1cccnc1. The van der Waals surface area contributed by atoms with E-state index in [1.165, 1.54) is 0 Å². The van der Waals surface area contributed by atoms with Gasteiger partial charge in [0.2, 0.25) is 0 Å². The normalized spacial score (nSPS) is 17.7. The predicted molar refractivity (Wildman–Crippen MR) is 81.6 cm³/mol. The van der Waals surface area contributed by atoms with Gasteiger partial charge < -0.3 is 10.2 Å². The summed E-state index contributed by atoms with van der Waals surface area (Å²) in [6.07, 6.45) is 5.66. The van der Waals surface area contributed by atoms with Crippen LogP contribution in [0.15, 0.2) is 54.9 Å². The summed E-state index contributed by atoms with van der Waals surface area (Å²) in [5.41, 5.74) is 2.23. The Labute approximate surface area is 124 Å². The smallest absolute Gasteiger partial charge is 0.318 e. The fourth-order valence-electron chi connectivity index (χ4n) is 2.80. The summed E-state index contributed by atoms with van der Waals surface area (Å²) in [5, 5.41) is 3.01. The van der Waals surface area contributed by atoms with Crippen LogP contribution in [0.4, 0.5) is 4.79 Å². The van der Waals surface area contributed by atoms with E-state index in [-0.39, 0.29) is 12.1 Å². The highest BCUT2D eigenvalue weighted by Gasteiger charge is 2.29. The van der Waals surface area contributed by atoms with Crippen LogP contribution in [0.1, 0.15) is 30.0 Å². The standard InChI is InChI=1S/C17H19N3O/c21-17(19-12-14-6-2-1-3-7-14)20-11-5-9-16(20)15-8-4-10-18-13-15/h1-4,6-8,10,13,16H,5,9,11-12H2,(H,19,21). The molecule has 2 amide bonds. The van der Waals surface area contributed by atoms with Crippen LogP contribution in [0.5, 0.6) is 0 Å². The topological polar surface area (TPSA) is 45.2 Å². The Balaban J connectivity index is 1.64. The van der Waals surface area contributed by atoms with Crippen molar-refractivity contribution in [1.82, 2.24) is 15.2 Å². The van der Waals surface area contributed by atoms with Crippen molar-refractivity contribution in [1.29, 1.82) is 0 Å². The molecule has 0 aliphatic carbocycles. The van der Waals surface area contributed by atoms with Crippen LogP contribution in [0.2, 0.25) is 0 Å². The van der Waals surface area contributed by atoms with E-state index in [2.05, 4.69) is 10.3 Å². The van der Waals surface area contributed by atoms with Crippen molar-refractivity contribution in [3.8, 4) is 0 Å². The molecule has 1 aliphatic heterocycles. The minimum absolute atomic E-state index is 0.00482. The second-order valence-corrected chi connectivity index (χ2v) is 5.28. The van der Waals surface area contributed by atoms with Gasteiger partial charge in [-0.2, -0.15) is 0 Å². The average Bonchev–Trinajstić information content (AvgIpc) is 3.04. The third kappa shape index (κ3) is 3.21. The van der Waals surface area contributed by atoms with E-state index >= 15 is 0 Å². The summed E-state index contributed by atoms with van der Waals surface area (Å²) < 4.78 is 0. The number of carbonyl (C=O) groups is 1. The van der Waals surface area contributed by atoms with Crippen LogP contribution in [-0.2, 0) is 6.54 Å². The molecule has 1 aromatic heterocycles. The largest absolute Gasteiger partial charge is 0.334 e. The zero-order valence-corrected chi connectivity index (χ0v) is 11.9. The first-order chi connectivity index (χ1) is 10.3. The molecule has 0 saturated carbocycles. The molecule has 108 valence electrons. The number of carbonyl (C=O) groups excluding carboxylic acids is 1. The second kappa shape index (κ2) is 6.39. The molecule has 0 bridgehead atoms. The average molecular weight is 281 g/mol. The van der Waals surface area contributed by atoms with Gasteiger partial charge in [0, 0.05) is 25.5 Å². The minimum Gasteiger partial charge on any atom is -0.334 e. The Kier molecular flexibility index (Phi) is 4.15. The van der Waals surface area contributed by atoms with Crippen molar-refractivity contribution in [3.05, 3.63) is 66.0 Å². The Bertz CT molecular complexity index is 585. The van der Waals surface area contributed by atoms with Gasteiger partial charge in [-0.1, -0.05) is 36.4 Å². The van der Waals surface area contributed by atoms with E-state index in [4.69, 9.17) is 0 Å². The lowest BCUT2D eigenvalue weighted by molar-refractivity contribution is 0.192. The predicted octanol–water partition coefficient (Wildman–Crippen LogP) is 3.13. The Morgan fingerprint density at radius 2 is 2.10 bits per heavy atom. The number of aromatic nitrogens is 1. The third-order valence-electron chi connectivity index (χ3n) is 3.87. The highest BCUT2D eigenvalue weighted by Crippen LogP contribution is 2.31. The van der Waals surface area contributed by atoms with Crippen molar-refractivity contribution >= 4 is 6.03 Å². The third-order valence-corrected chi connectivity index (χ3v) is 3.87. The van der Waals surface area contributed by atoms with Gasteiger partial charge in [0.05, 0.1) is 6.04 Å². The minimum atomic E-state index is 0.00482. The lowest BCUT2D eigenvalue weighted by Gasteiger charge is -2.25. The van der Waals surface area contributed by atoms with Crippen molar-refractivity contribution in [3.63, 3.8) is 0 Å². The Hall–Kier alpha value is -2.36. The molecular formula is C17H19N3O. The molecule has 2 heterocycles. The summed E-state index contributed by atoms with van der Waals surface area (Å²) in [4.78, 5) is 18.5. The molecule has 1 aliphatic rings. The molecule has 1 aromatic carbocycles. The lowest BCUT2D eigenvalue weighted by Crippen LogP contribution is -2.39. The molecule has 2 aromatic rings. The molecule has 1 N–H and O–H groups in total. The summed E-state index contributed by atoms with van der Waals surface area (Å²) in [6, 6.07) is 14.1. The number of nitrogens with one attached hydrogen (secondary N) is 1. The summed E-state index contributed by atoms with van der Waals surface area (Å²) in [6.45, 7) is 1.37. The Morgan fingerprint density at radius 1 is 1.24 bits per heavy atom. The molecular weight excluding hydrogens is 262 g/mol. The first kappa shape index (κ1) is 13.6. The second-order valence-electron chi connectivity index (χ2n) is 5.28. The highest BCUT2D eigenvalue weighted by molar-refractivity contribution is 5.75. The summed E-state index contributed by atoms with van der Waals surface area (Å²) in [7, 11) is 0. The van der Waals surface area contributed by atoms with Gasteiger partial charge in [-0.05, 0) is 30.0 Å². The van der Waals surface area contributed by atoms with Gasteiger partial charge in [-0.25, -0.2) is 4.79 Å². The zero-order chi connectivity index (χ0) is 14.5. The molecule has 1 saturated heterocycles. The number of amides is 2. The van der Waals surface area contributed by atoms with Crippen LogP contribution in [0.25, 0.3) is 0 Å². The van der Waals surface area contributed by atoms with E-state index in [9.17, 15) is 4.79 Å². The quantitative estimate of drug-likeness (QED) is 0.939. The van der Waals surface area contributed by atoms with E-state index < -0.39 is 0 Å². The fourth-order valence-corrected chi connectivity index (χ4v) is 2.80. The summed E-state index contributed by atoms with van der Waals surface area (Å²) >= 11 is 0. The van der Waals surface area contributed by atoms with Crippen LogP contribution < -0.4 is 5.32 Å². The van der Waals surface area contributed by atoms with E-state index in [1.54, 1.807) is 6.20 Å². The number of rotatable bonds is 3. The van der Waals surface area contributed by atoms with Crippen molar-refractivity contribution in [2.24, 2.45) is 0 Å². The molecule has 0 spiro atoms. The highest BCUT2D eigenvalue weighted by atomic mass is 16.2. The molecule has 4 heteroatoms. The zero-order valence-electron chi connectivity index (χ0n) is 11.9. The maximum absolute atomic E-state index is 12.4. The van der Waals surface area contributed by atoms with Gasteiger partial charge in [0.1, 0.15) is 0 Å². The van der Waals surface area contributed by atoms with Crippen LogP contribution in [-0.4, -0.2) is 22.5 Å². The lowest BCUT2D eigenvalue weighted by atomic mass is 10.1. The number of likely N-dealkylation sites (tertiary alicyclic amines) is 1. The van der Waals surface area contributed by atoms with Gasteiger partial charge in [-0.3, -0.25) is 4.98 Å². The van der Waals surface area contributed by atoms with Crippen molar-refractivity contribution in [2.75, 3.05) is 6.54 Å². The number of benzene rings is 1. The van der Waals surface area contributed by atoms with E-state index in [0.717, 1.165) is 30.5 Å². The number of nitrogens with zero attached hydrogens (tertiary/aromatic N) is 2. The van der Waals surface area contributed by atoms with Crippen molar-refractivity contribution in [2.45, 2.75) is 25.4 Å². The molecule has 1 unspecified atom stereocenters. The van der Waals surface area contributed by atoms with E-state index in [1.807, 2.05) is 53.6 Å². The van der Waals surface area contributed by atoms with Gasteiger partial charge in [-0.15, -0.1) is 0 Å². The Morgan fingerprint density at radius 3 is 2.86 bits per heavy atom. The number of hydrogen-bond donors (Lipinski definition) is 1. The molecule has 1 fully saturated rings. The summed E-state index contributed by atoms with van der Waals surface area (Å²) in [5.74, 6) is 0. The van der Waals surface area contributed by atoms with Gasteiger partial charge in [0.15, 0.2) is 0 Å². The maximum Gasteiger partial charge on any atom is 0.318 e. The van der Waals surface area contributed by atoms with Crippen LogP contribution in [0.3, 0.4) is 0 Å². The number of urea groups is 1. The first-order valence-electron chi connectivity index (χ1n) is 7.33. The van der Waals surface area contributed by atoms with Crippen molar-refractivity contribution < 1.29 is 4.79 Å². The number of hydrogen-bond acceptors (Lipinski definition) is 2. The first-order valence-corrected chi connectivity index (χ1v) is 7.33. The van der Waals surface area contributed by atoms with Crippen LogP contribution >= 0.6 is 0 Å². The molecule has 21 heavy (non-hydrogen) atoms. The molecule has 3 rings (SSSR count). The molecule has 4 nitrogen and oxygen atoms in total. The molecule has 1 atom stereocenters. The maximum atomic E-state index is 12.4. The monoisotopic (exact) mass is 281 g/mol. The van der Waals surface area contributed by atoms with Gasteiger partial charge >= 0.3 is 6.03 Å². The van der Waals surface area contributed by atoms with Crippen LogP contribution in [0, 0.1) is 0 Å². The molecule has 0 radical (unpaired) electrons.